The van der Waals surface area contributed by atoms with Gasteiger partial charge in [-0.1, -0.05) is 40.7 Å². The van der Waals surface area contributed by atoms with Crippen LogP contribution in [0.25, 0.3) is 0 Å². The molecule has 0 unspecified atom stereocenters. The van der Waals surface area contributed by atoms with E-state index in [4.69, 9.17) is 19.3 Å². The number of ether oxygens (including phenoxy) is 3. The number of hydrogen-bond acceptors (Lipinski definition) is 5. The Balaban J connectivity index is 2.57. The van der Waals surface area contributed by atoms with Crippen LogP contribution in [0.3, 0.4) is 0 Å². The third kappa shape index (κ3) is 8.30. The smallest absolute Gasteiger partial charge is 0.153 e. The van der Waals surface area contributed by atoms with Gasteiger partial charge in [-0.2, -0.15) is 0 Å². The van der Waals surface area contributed by atoms with E-state index in [1.807, 2.05) is 18.2 Å². The molecule has 0 heterocycles. The number of carbonyl (C=O) groups is 1. The molecular weight excluding hydrogens is 332 g/mol. The van der Waals surface area contributed by atoms with Crippen LogP contribution in [0.2, 0.25) is 0 Å². The largest absolute Gasteiger partial charge is 0.490 e. The number of aliphatic hydroxyl groups is 1. The van der Waals surface area contributed by atoms with Crippen molar-refractivity contribution in [3.8, 4) is 5.75 Å². The fraction of sp³-hybridized carbons (Fsp3) is 0.667. The Labute approximate surface area is 157 Å². The van der Waals surface area contributed by atoms with Crippen LogP contribution in [0.4, 0.5) is 0 Å². The van der Waals surface area contributed by atoms with E-state index in [0.29, 0.717) is 44.3 Å². The fourth-order valence-corrected chi connectivity index (χ4v) is 3.22. The van der Waals surface area contributed by atoms with Crippen LogP contribution >= 0.6 is 0 Å². The Hall–Kier alpha value is -1.43. The monoisotopic (exact) mass is 366 g/mol. The molecule has 5 nitrogen and oxygen atoms in total. The SMILES string of the molecule is CC(C)(C)CC(C)(C)c1ccc(OCCOCCOCCO)c(C=O)c1. The molecule has 1 N–H and O–H groups in total. The lowest BCUT2D eigenvalue weighted by molar-refractivity contribution is 0.0246. The summed E-state index contributed by atoms with van der Waals surface area (Å²) < 4.78 is 16.2. The zero-order chi connectivity index (χ0) is 19.6. The Bertz CT molecular complexity index is 546. The maximum absolute atomic E-state index is 11.5. The molecule has 148 valence electrons. The first-order valence-electron chi connectivity index (χ1n) is 9.18. The number of hydrogen-bond donors (Lipinski definition) is 1. The van der Waals surface area contributed by atoms with Crippen LogP contribution in [-0.2, 0) is 14.9 Å². The fourth-order valence-electron chi connectivity index (χ4n) is 3.22. The highest BCUT2D eigenvalue weighted by Gasteiger charge is 2.27. The van der Waals surface area contributed by atoms with Crippen molar-refractivity contribution in [2.75, 3.05) is 39.6 Å². The van der Waals surface area contributed by atoms with Crippen molar-refractivity contribution in [3.05, 3.63) is 29.3 Å². The summed E-state index contributed by atoms with van der Waals surface area (Å²) in [6.45, 7) is 13.1. The van der Waals surface area contributed by atoms with Gasteiger partial charge >= 0.3 is 0 Å². The van der Waals surface area contributed by atoms with Crippen LogP contribution in [0.15, 0.2) is 18.2 Å². The molecule has 0 aliphatic rings. The molecule has 0 radical (unpaired) electrons. The molecule has 0 aliphatic carbocycles. The van der Waals surface area contributed by atoms with Crippen LogP contribution in [0.5, 0.6) is 5.75 Å². The van der Waals surface area contributed by atoms with E-state index in [2.05, 4.69) is 34.6 Å². The minimum Gasteiger partial charge on any atom is -0.490 e. The summed E-state index contributed by atoms with van der Waals surface area (Å²) in [5, 5.41) is 8.59. The highest BCUT2D eigenvalue weighted by molar-refractivity contribution is 5.79. The third-order valence-electron chi connectivity index (χ3n) is 3.98. The van der Waals surface area contributed by atoms with Gasteiger partial charge in [0.1, 0.15) is 12.4 Å². The Morgan fingerprint density at radius 3 is 2.15 bits per heavy atom. The minimum absolute atomic E-state index is 0.0140. The van der Waals surface area contributed by atoms with Gasteiger partial charge in [0.05, 0.1) is 38.6 Å². The van der Waals surface area contributed by atoms with Crippen molar-refractivity contribution in [2.24, 2.45) is 5.41 Å². The second-order valence-electron chi connectivity index (χ2n) is 8.29. The van der Waals surface area contributed by atoms with Gasteiger partial charge in [-0.3, -0.25) is 4.79 Å². The zero-order valence-corrected chi connectivity index (χ0v) is 16.8. The number of carbonyl (C=O) groups excluding carboxylic acids is 1. The summed E-state index contributed by atoms with van der Waals surface area (Å²) in [4.78, 5) is 11.5. The maximum Gasteiger partial charge on any atom is 0.153 e. The van der Waals surface area contributed by atoms with Gasteiger partial charge < -0.3 is 19.3 Å². The molecule has 0 amide bonds. The van der Waals surface area contributed by atoms with Crippen molar-refractivity contribution in [2.45, 2.75) is 46.5 Å². The predicted octanol–water partition coefficient (Wildman–Crippen LogP) is 3.62. The van der Waals surface area contributed by atoms with E-state index in [-0.39, 0.29) is 17.4 Å². The summed E-state index contributed by atoms with van der Waals surface area (Å²) in [7, 11) is 0. The van der Waals surface area contributed by atoms with Gasteiger partial charge in [0, 0.05) is 0 Å². The molecule has 0 spiro atoms. The average molecular weight is 366 g/mol. The molecule has 0 fully saturated rings. The van der Waals surface area contributed by atoms with E-state index >= 15 is 0 Å². The second-order valence-corrected chi connectivity index (χ2v) is 8.29. The Morgan fingerprint density at radius 1 is 0.962 bits per heavy atom. The zero-order valence-electron chi connectivity index (χ0n) is 16.8. The standard InChI is InChI=1S/C21H34O5/c1-20(2,3)16-21(4,5)18-6-7-19(17(14-18)15-23)26-13-12-25-11-10-24-9-8-22/h6-7,14-15,22H,8-13,16H2,1-5H3. The van der Waals surface area contributed by atoms with Gasteiger partial charge in [-0.05, 0) is 34.9 Å². The third-order valence-corrected chi connectivity index (χ3v) is 3.98. The normalized spacial score (nSPS) is 12.2. The second kappa shape index (κ2) is 10.7. The maximum atomic E-state index is 11.5. The lowest BCUT2D eigenvalue weighted by atomic mass is 9.72. The summed E-state index contributed by atoms with van der Waals surface area (Å²) in [5.74, 6) is 0.579. The van der Waals surface area contributed by atoms with Gasteiger partial charge in [0.15, 0.2) is 6.29 Å². The van der Waals surface area contributed by atoms with E-state index in [1.165, 1.54) is 0 Å². The first-order chi connectivity index (χ1) is 12.2. The van der Waals surface area contributed by atoms with Crippen LogP contribution < -0.4 is 4.74 Å². The van der Waals surface area contributed by atoms with Gasteiger partial charge in [-0.15, -0.1) is 0 Å². The molecule has 5 heteroatoms. The molecule has 0 aliphatic heterocycles. The molecule has 0 aromatic heterocycles. The lowest BCUT2D eigenvalue weighted by Crippen LogP contribution is -2.25. The highest BCUT2D eigenvalue weighted by Crippen LogP contribution is 2.37. The molecule has 1 rings (SSSR count). The summed E-state index contributed by atoms with van der Waals surface area (Å²) >= 11 is 0. The quantitative estimate of drug-likeness (QED) is 0.452. The van der Waals surface area contributed by atoms with E-state index < -0.39 is 0 Å². The minimum atomic E-state index is -0.0216. The molecule has 0 saturated heterocycles. The number of benzene rings is 1. The van der Waals surface area contributed by atoms with Crippen LogP contribution in [0.1, 0.15) is 57.0 Å². The van der Waals surface area contributed by atoms with Crippen molar-refractivity contribution < 1.29 is 24.1 Å². The summed E-state index contributed by atoms with van der Waals surface area (Å²) in [6.07, 6.45) is 1.86. The number of rotatable bonds is 12. The molecule has 1 aromatic carbocycles. The Morgan fingerprint density at radius 2 is 1.58 bits per heavy atom. The molecule has 0 saturated carbocycles. The van der Waals surface area contributed by atoms with Gasteiger partial charge in [0.25, 0.3) is 0 Å². The van der Waals surface area contributed by atoms with Crippen molar-refractivity contribution in [1.29, 1.82) is 0 Å². The van der Waals surface area contributed by atoms with Gasteiger partial charge in [0.2, 0.25) is 0 Å². The lowest BCUT2D eigenvalue weighted by Gasteiger charge is -2.33. The number of aldehydes is 1. The molecule has 0 atom stereocenters. The molecule has 0 bridgehead atoms. The molecule has 1 aromatic rings. The van der Waals surface area contributed by atoms with E-state index in [9.17, 15) is 4.79 Å². The van der Waals surface area contributed by atoms with Gasteiger partial charge in [-0.25, -0.2) is 0 Å². The van der Waals surface area contributed by atoms with Crippen molar-refractivity contribution >= 4 is 6.29 Å². The first kappa shape index (κ1) is 22.6. The van der Waals surface area contributed by atoms with Crippen molar-refractivity contribution in [1.82, 2.24) is 0 Å². The van der Waals surface area contributed by atoms with Crippen LogP contribution in [0, 0.1) is 5.41 Å². The highest BCUT2D eigenvalue weighted by atomic mass is 16.5. The summed E-state index contributed by atoms with van der Waals surface area (Å²) in [6, 6.07) is 5.84. The Kier molecular flexibility index (Phi) is 9.27. The molecular formula is C21H34O5. The predicted molar refractivity (Wildman–Crippen MR) is 103 cm³/mol. The topological polar surface area (TPSA) is 65.0 Å². The van der Waals surface area contributed by atoms with E-state index in [0.717, 1.165) is 18.3 Å². The first-order valence-corrected chi connectivity index (χ1v) is 9.18. The average Bonchev–Trinajstić information content (AvgIpc) is 2.55. The van der Waals surface area contributed by atoms with Crippen molar-refractivity contribution in [3.63, 3.8) is 0 Å². The van der Waals surface area contributed by atoms with Crippen LogP contribution in [-0.4, -0.2) is 51.0 Å². The molecule has 26 heavy (non-hydrogen) atoms. The summed E-state index contributed by atoms with van der Waals surface area (Å²) in [5.41, 5.74) is 1.89. The number of aliphatic hydroxyl groups excluding tert-OH is 1. The van der Waals surface area contributed by atoms with E-state index in [1.54, 1.807) is 0 Å².